The van der Waals surface area contributed by atoms with E-state index in [-0.39, 0.29) is 11.7 Å². The van der Waals surface area contributed by atoms with Crippen molar-refractivity contribution in [2.45, 2.75) is 11.8 Å². The summed E-state index contributed by atoms with van der Waals surface area (Å²) in [6.07, 6.45) is 0. The Morgan fingerprint density at radius 3 is 2.16 bits per heavy atom. The molecule has 0 aliphatic carbocycles. The smallest absolute Gasteiger partial charge is 0.234 e. The quantitative estimate of drug-likeness (QED) is 0.218. The number of methoxy groups -OCH3 is 1. The van der Waals surface area contributed by atoms with Gasteiger partial charge in [-0.2, -0.15) is 0 Å². The molecule has 1 heterocycles. The molecule has 4 aromatic carbocycles. The number of hydrogen-bond acceptors (Lipinski definition) is 6. The minimum atomic E-state index is -0.137. The van der Waals surface area contributed by atoms with Gasteiger partial charge in [-0.05, 0) is 66.2 Å². The zero-order valence-corrected chi connectivity index (χ0v) is 21.6. The number of thioether (sulfide) groups is 1. The van der Waals surface area contributed by atoms with Gasteiger partial charge in [0, 0.05) is 16.9 Å². The monoisotopic (exact) mass is 522 g/mol. The maximum atomic E-state index is 12.7. The predicted molar refractivity (Wildman–Crippen MR) is 150 cm³/mol. The van der Waals surface area contributed by atoms with Crippen molar-refractivity contribution in [2.75, 3.05) is 18.2 Å². The van der Waals surface area contributed by atoms with Gasteiger partial charge in [0.15, 0.2) is 11.0 Å². The summed E-state index contributed by atoms with van der Waals surface area (Å²) in [6, 6.07) is 34.8. The molecular formula is C30H26N4O3S. The zero-order chi connectivity index (χ0) is 26.2. The van der Waals surface area contributed by atoms with Crippen LogP contribution in [0.2, 0.25) is 0 Å². The van der Waals surface area contributed by atoms with Crippen LogP contribution in [0.3, 0.4) is 0 Å². The highest BCUT2D eigenvalue weighted by Gasteiger charge is 2.17. The fraction of sp³-hybridized carbons (Fsp3) is 0.100. The van der Waals surface area contributed by atoms with Gasteiger partial charge in [-0.3, -0.25) is 9.36 Å². The summed E-state index contributed by atoms with van der Waals surface area (Å²) in [5.41, 5.74) is 3.61. The molecule has 5 rings (SSSR count). The summed E-state index contributed by atoms with van der Waals surface area (Å²) in [4.78, 5) is 12.7. The molecule has 38 heavy (non-hydrogen) atoms. The third-order valence-electron chi connectivity index (χ3n) is 5.71. The minimum absolute atomic E-state index is 0.137. The number of anilines is 1. The van der Waals surface area contributed by atoms with Gasteiger partial charge in [0.2, 0.25) is 5.91 Å². The highest BCUT2D eigenvalue weighted by molar-refractivity contribution is 7.99. The number of para-hydroxylation sites is 1. The lowest BCUT2D eigenvalue weighted by atomic mass is 10.2. The van der Waals surface area contributed by atoms with Crippen molar-refractivity contribution in [3.05, 3.63) is 115 Å². The Bertz CT molecular complexity index is 1470. The Labute approximate surface area is 225 Å². The minimum Gasteiger partial charge on any atom is -0.497 e. The lowest BCUT2D eigenvalue weighted by Gasteiger charge is -2.11. The summed E-state index contributed by atoms with van der Waals surface area (Å²) in [7, 11) is 1.63. The van der Waals surface area contributed by atoms with Crippen molar-refractivity contribution in [3.63, 3.8) is 0 Å². The number of nitrogens with zero attached hydrogens (tertiary/aromatic N) is 3. The fourth-order valence-electron chi connectivity index (χ4n) is 3.80. The van der Waals surface area contributed by atoms with Gasteiger partial charge in [-0.1, -0.05) is 60.3 Å². The van der Waals surface area contributed by atoms with Gasteiger partial charge in [0.05, 0.1) is 12.9 Å². The van der Waals surface area contributed by atoms with E-state index < -0.39 is 0 Å². The number of carbonyl (C=O) groups is 1. The van der Waals surface area contributed by atoms with Crippen molar-refractivity contribution in [2.24, 2.45) is 0 Å². The number of aromatic nitrogens is 3. The Balaban J connectivity index is 1.24. The highest BCUT2D eigenvalue weighted by atomic mass is 32.2. The third kappa shape index (κ3) is 6.22. The molecule has 0 bridgehead atoms. The van der Waals surface area contributed by atoms with Crippen LogP contribution in [-0.2, 0) is 11.4 Å². The molecule has 5 aromatic rings. The van der Waals surface area contributed by atoms with Crippen LogP contribution in [0.1, 0.15) is 5.56 Å². The molecule has 1 N–H and O–H groups in total. The van der Waals surface area contributed by atoms with Gasteiger partial charge < -0.3 is 14.8 Å². The van der Waals surface area contributed by atoms with Crippen molar-refractivity contribution in [1.29, 1.82) is 0 Å². The molecular weight excluding hydrogens is 496 g/mol. The van der Waals surface area contributed by atoms with Crippen LogP contribution in [0, 0.1) is 0 Å². The van der Waals surface area contributed by atoms with E-state index in [0.717, 1.165) is 28.3 Å². The average molecular weight is 523 g/mol. The second-order valence-electron chi connectivity index (χ2n) is 8.34. The van der Waals surface area contributed by atoms with Gasteiger partial charge >= 0.3 is 0 Å². The van der Waals surface area contributed by atoms with Crippen molar-refractivity contribution < 1.29 is 14.3 Å². The second kappa shape index (κ2) is 12.1. The molecule has 1 aromatic heterocycles. The molecule has 0 aliphatic rings. The molecule has 0 saturated heterocycles. The SMILES string of the molecule is COc1ccc(-c2nnc(SCC(=O)Nc3ccc(OCc4ccccc4)cc3)n2-c2ccccc2)cc1. The predicted octanol–water partition coefficient (Wildman–Crippen LogP) is 6.25. The summed E-state index contributed by atoms with van der Waals surface area (Å²) in [6.45, 7) is 0.490. The summed E-state index contributed by atoms with van der Waals surface area (Å²) in [5, 5.41) is 12.4. The number of nitrogens with one attached hydrogen (secondary N) is 1. The molecule has 0 radical (unpaired) electrons. The first-order valence-electron chi connectivity index (χ1n) is 12.0. The maximum Gasteiger partial charge on any atom is 0.234 e. The van der Waals surface area contributed by atoms with E-state index in [1.54, 1.807) is 7.11 Å². The first-order valence-corrected chi connectivity index (χ1v) is 13.0. The molecule has 7 nitrogen and oxygen atoms in total. The van der Waals surface area contributed by atoms with E-state index in [0.29, 0.717) is 23.3 Å². The first kappa shape index (κ1) is 25.1. The Morgan fingerprint density at radius 1 is 0.816 bits per heavy atom. The Morgan fingerprint density at radius 2 is 1.47 bits per heavy atom. The van der Waals surface area contributed by atoms with Gasteiger partial charge in [0.25, 0.3) is 0 Å². The van der Waals surface area contributed by atoms with E-state index >= 15 is 0 Å². The van der Waals surface area contributed by atoms with E-state index in [1.807, 2.05) is 114 Å². The topological polar surface area (TPSA) is 78.3 Å². The number of carbonyl (C=O) groups excluding carboxylic acids is 1. The molecule has 0 unspecified atom stereocenters. The summed E-state index contributed by atoms with van der Waals surface area (Å²) in [5.74, 6) is 2.24. The molecule has 1 amide bonds. The number of ether oxygens (including phenoxy) is 2. The average Bonchev–Trinajstić information content (AvgIpc) is 3.41. The van der Waals surface area contributed by atoms with E-state index in [4.69, 9.17) is 9.47 Å². The number of rotatable bonds is 10. The lowest BCUT2D eigenvalue weighted by molar-refractivity contribution is -0.113. The molecule has 0 fully saturated rings. The van der Waals surface area contributed by atoms with Crippen LogP contribution in [0.15, 0.2) is 114 Å². The largest absolute Gasteiger partial charge is 0.497 e. The van der Waals surface area contributed by atoms with Gasteiger partial charge in [-0.15, -0.1) is 10.2 Å². The van der Waals surface area contributed by atoms with E-state index in [9.17, 15) is 4.79 Å². The van der Waals surface area contributed by atoms with Crippen LogP contribution in [0.4, 0.5) is 5.69 Å². The number of hydrogen-bond donors (Lipinski definition) is 1. The Hall–Kier alpha value is -4.56. The zero-order valence-electron chi connectivity index (χ0n) is 20.8. The number of benzene rings is 4. The molecule has 0 saturated carbocycles. The van der Waals surface area contributed by atoms with E-state index in [1.165, 1.54) is 11.8 Å². The maximum absolute atomic E-state index is 12.7. The second-order valence-corrected chi connectivity index (χ2v) is 9.28. The third-order valence-corrected chi connectivity index (χ3v) is 6.64. The van der Waals surface area contributed by atoms with Crippen LogP contribution >= 0.6 is 11.8 Å². The molecule has 190 valence electrons. The van der Waals surface area contributed by atoms with Crippen LogP contribution in [-0.4, -0.2) is 33.5 Å². The summed E-state index contributed by atoms with van der Waals surface area (Å²) < 4.78 is 13.1. The Kier molecular flexibility index (Phi) is 8.01. The standard InChI is InChI=1S/C30H26N4O3S/c1-36-26-16-12-23(13-17-26)29-32-33-30(34(29)25-10-6-3-7-11-25)38-21-28(35)31-24-14-18-27(19-15-24)37-20-22-8-4-2-5-9-22/h2-19H,20-21H2,1H3,(H,31,35). The van der Waals surface area contributed by atoms with Crippen molar-refractivity contribution in [3.8, 4) is 28.6 Å². The van der Waals surface area contributed by atoms with Crippen LogP contribution in [0.25, 0.3) is 17.1 Å². The fourth-order valence-corrected chi connectivity index (χ4v) is 4.55. The first-order chi connectivity index (χ1) is 18.7. The van der Waals surface area contributed by atoms with Crippen LogP contribution in [0.5, 0.6) is 11.5 Å². The van der Waals surface area contributed by atoms with Crippen LogP contribution < -0.4 is 14.8 Å². The summed E-state index contributed by atoms with van der Waals surface area (Å²) >= 11 is 1.33. The normalized spacial score (nSPS) is 10.7. The molecule has 0 atom stereocenters. The van der Waals surface area contributed by atoms with Gasteiger partial charge in [-0.25, -0.2) is 0 Å². The van der Waals surface area contributed by atoms with Gasteiger partial charge in [0.1, 0.15) is 18.1 Å². The number of amides is 1. The lowest BCUT2D eigenvalue weighted by Crippen LogP contribution is -2.14. The highest BCUT2D eigenvalue weighted by Crippen LogP contribution is 2.29. The molecule has 0 spiro atoms. The molecule has 0 aliphatic heterocycles. The van der Waals surface area contributed by atoms with E-state index in [2.05, 4.69) is 15.5 Å². The van der Waals surface area contributed by atoms with Crippen molar-refractivity contribution >= 4 is 23.4 Å². The molecule has 8 heteroatoms. The van der Waals surface area contributed by atoms with Crippen molar-refractivity contribution in [1.82, 2.24) is 14.8 Å².